The molecule has 0 aromatic carbocycles. The third-order valence-corrected chi connectivity index (χ3v) is 1.56. The van der Waals surface area contributed by atoms with Crippen molar-refractivity contribution in [2.75, 3.05) is 0 Å². The van der Waals surface area contributed by atoms with Crippen LogP contribution in [0.2, 0.25) is 0 Å². The van der Waals surface area contributed by atoms with E-state index in [1.807, 2.05) is 0 Å². The lowest BCUT2D eigenvalue weighted by Crippen LogP contribution is -2.33. The Kier molecular flexibility index (Phi) is 3.16. The van der Waals surface area contributed by atoms with E-state index in [0.29, 0.717) is 0 Å². The van der Waals surface area contributed by atoms with Crippen LogP contribution in [0.15, 0.2) is 0 Å². The van der Waals surface area contributed by atoms with Crippen LogP contribution in [0.25, 0.3) is 0 Å². The molecule has 1 radical (unpaired) electrons. The average Bonchev–Trinajstić information content (AvgIpc) is 1.56. The topological polar surface area (TPSA) is 0 Å². The molecule has 0 spiro atoms. The fourth-order valence-electron chi connectivity index (χ4n) is 0.314. The molecule has 0 aliphatic rings. The van der Waals surface area contributed by atoms with E-state index in [4.69, 9.17) is 0 Å². The fourth-order valence-corrected chi connectivity index (χ4v) is 0.943. The summed E-state index contributed by atoms with van der Waals surface area (Å²) in [7, 11) is 0. The number of hydrogen-bond donors (Lipinski definition) is 0. The molecule has 0 bridgehead atoms. The highest BCUT2D eigenvalue weighted by molar-refractivity contribution is 8.03. The number of hydrogen-bond acceptors (Lipinski definition) is 1. The van der Waals surface area contributed by atoms with Crippen LogP contribution in [0.5, 0.6) is 0 Å². The van der Waals surface area contributed by atoms with Crippen molar-refractivity contribution in [3.8, 4) is 0 Å². The minimum Gasteiger partial charge on any atom is -0.184 e. The van der Waals surface area contributed by atoms with Crippen molar-refractivity contribution in [1.29, 1.82) is 0 Å². The van der Waals surface area contributed by atoms with Gasteiger partial charge in [0.2, 0.25) is 0 Å². The molecule has 0 fully saturated rings. The van der Waals surface area contributed by atoms with Crippen LogP contribution in [0.3, 0.4) is 0 Å². The second kappa shape index (κ2) is 3.16. The zero-order chi connectivity index (χ0) is 9.28. The highest BCUT2D eigenvalue weighted by Gasteiger charge is 2.58. The zero-order valence-corrected chi connectivity index (χ0v) is 6.61. The Hall–Kier alpha value is -0.0000000000000000555. The maximum atomic E-state index is 12.0. The Morgan fingerprint density at radius 2 is 1.36 bits per heavy atom. The molecular formula is C5H6F5S. The van der Waals surface area contributed by atoms with Crippen LogP contribution in [-0.2, 0) is 0 Å². The van der Waals surface area contributed by atoms with Crippen molar-refractivity contribution >= 4 is 11.8 Å². The monoisotopic (exact) mass is 193 g/mol. The first-order valence-corrected chi connectivity index (χ1v) is 3.42. The first-order valence-electron chi connectivity index (χ1n) is 2.60. The van der Waals surface area contributed by atoms with Gasteiger partial charge in [0, 0.05) is 5.25 Å². The largest absolute Gasteiger partial charge is 0.464 e. The molecule has 67 valence electrons. The molecule has 0 amide bonds. The fraction of sp³-hybridized carbons (Fsp3) is 0.800. The van der Waals surface area contributed by atoms with Gasteiger partial charge in [-0.3, -0.25) is 0 Å². The van der Waals surface area contributed by atoms with E-state index in [0.717, 1.165) is 0 Å². The predicted octanol–water partition coefficient (Wildman–Crippen LogP) is 3.45. The molecule has 0 rings (SSSR count). The summed E-state index contributed by atoms with van der Waals surface area (Å²) in [6.07, 6.45) is -5.46. The van der Waals surface area contributed by atoms with Gasteiger partial charge in [-0.15, -0.1) is 0 Å². The van der Waals surface area contributed by atoms with Crippen LogP contribution >= 0.6 is 11.8 Å². The average molecular weight is 193 g/mol. The van der Waals surface area contributed by atoms with Gasteiger partial charge in [0.05, 0.1) is 0 Å². The zero-order valence-electron chi connectivity index (χ0n) is 5.80. The molecule has 0 aliphatic carbocycles. The van der Waals surface area contributed by atoms with Gasteiger partial charge in [0.15, 0.2) is 0 Å². The molecule has 0 atom stereocenters. The molecule has 0 unspecified atom stereocenters. The second-order valence-corrected chi connectivity index (χ2v) is 3.56. The summed E-state index contributed by atoms with van der Waals surface area (Å²) in [5, 5.41) is -4.68. The maximum absolute atomic E-state index is 12.0. The van der Waals surface area contributed by atoms with Crippen LogP contribution in [0.4, 0.5) is 22.0 Å². The lowest BCUT2D eigenvalue weighted by Gasteiger charge is -2.19. The number of rotatable bonds is 2. The number of alkyl halides is 5. The van der Waals surface area contributed by atoms with Crippen molar-refractivity contribution in [1.82, 2.24) is 0 Å². The van der Waals surface area contributed by atoms with Crippen LogP contribution in [0, 0.1) is 5.25 Å². The first-order chi connectivity index (χ1) is 4.67. The van der Waals surface area contributed by atoms with Crippen molar-refractivity contribution in [2.24, 2.45) is 0 Å². The van der Waals surface area contributed by atoms with E-state index < -0.39 is 23.2 Å². The minimum atomic E-state index is -5.46. The maximum Gasteiger partial charge on any atom is 0.464 e. The highest BCUT2D eigenvalue weighted by atomic mass is 32.2. The van der Waals surface area contributed by atoms with E-state index in [9.17, 15) is 22.0 Å². The summed E-state index contributed by atoms with van der Waals surface area (Å²) in [4.78, 5) is 0. The molecule has 0 nitrogen and oxygen atoms in total. The Morgan fingerprint density at radius 3 is 1.45 bits per heavy atom. The van der Waals surface area contributed by atoms with Gasteiger partial charge in [-0.1, -0.05) is 11.8 Å². The van der Waals surface area contributed by atoms with E-state index >= 15 is 0 Å². The van der Waals surface area contributed by atoms with E-state index in [1.165, 1.54) is 13.8 Å². The SMILES string of the molecule is C[C](C)SC(F)(F)C(F)(F)F. The van der Waals surface area contributed by atoms with Gasteiger partial charge < -0.3 is 0 Å². The van der Waals surface area contributed by atoms with Crippen molar-refractivity contribution in [3.63, 3.8) is 0 Å². The van der Waals surface area contributed by atoms with Gasteiger partial charge in [0.1, 0.15) is 0 Å². The van der Waals surface area contributed by atoms with Crippen molar-refractivity contribution in [3.05, 3.63) is 5.25 Å². The van der Waals surface area contributed by atoms with Crippen LogP contribution < -0.4 is 0 Å². The molecule has 0 aromatic rings. The molecule has 0 aliphatic heterocycles. The third kappa shape index (κ3) is 3.27. The van der Waals surface area contributed by atoms with Gasteiger partial charge in [0.25, 0.3) is 0 Å². The standard InChI is InChI=1S/C5H6F5S/c1-3(2)11-5(9,10)4(6,7)8/h1-2H3. The van der Waals surface area contributed by atoms with E-state index in [1.54, 1.807) is 0 Å². The molecule has 0 saturated carbocycles. The normalized spacial score (nSPS) is 14.2. The highest BCUT2D eigenvalue weighted by Crippen LogP contribution is 2.47. The summed E-state index contributed by atoms with van der Waals surface area (Å²) < 4.78 is 58.2. The Morgan fingerprint density at radius 1 is 1.00 bits per heavy atom. The summed E-state index contributed by atoms with van der Waals surface area (Å²) in [5.41, 5.74) is 0. The molecule has 0 saturated heterocycles. The van der Waals surface area contributed by atoms with Crippen molar-refractivity contribution < 1.29 is 22.0 Å². The quantitative estimate of drug-likeness (QED) is 0.605. The summed E-state index contributed by atoms with van der Waals surface area (Å²) in [6, 6.07) is 0. The Bertz CT molecular complexity index is 127. The molecule has 11 heavy (non-hydrogen) atoms. The Balaban J connectivity index is 4.22. The lowest BCUT2D eigenvalue weighted by atomic mass is 10.6. The third-order valence-electron chi connectivity index (χ3n) is 0.662. The van der Waals surface area contributed by atoms with E-state index in [-0.39, 0.29) is 5.25 Å². The predicted molar refractivity (Wildman–Crippen MR) is 33.2 cm³/mol. The number of thioether (sulfide) groups is 1. The van der Waals surface area contributed by atoms with Crippen LogP contribution in [0.1, 0.15) is 13.8 Å². The van der Waals surface area contributed by atoms with Gasteiger partial charge >= 0.3 is 11.4 Å². The Labute approximate surface area is 65.1 Å². The second-order valence-electron chi connectivity index (χ2n) is 2.02. The summed E-state index contributed by atoms with van der Waals surface area (Å²) in [6.45, 7) is 2.40. The minimum absolute atomic E-state index is 0.0210. The molecule has 6 heteroatoms. The summed E-state index contributed by atoms with van der Waals surface area (Å²) >= 11 is -0.478. The lowest BCUT2D eigenvalue weighted by molar-refractivity contribution is -0.237. The molecule has 0 N–H and O–H groups in total. The number of halogens is 5. The van der Waals surface area contributed by atoms with Crippen LogP contribution in [-0.4, -0.2) is 11.4 Å². The summed E-state index contributed by atoms with van der Waals surface area (Å²) in [5.74, 6) is 0. The smallest absolute Gasteiger partial charge is 0.184 e. The van der Waals surface area contributed by atoms with Gasteiger partial charge in [-0.05, 0) is 13.8 Å². The molecule has 0 heterocycles. The van der Waals surface area contributed by atoms with Gasteiger partial charge in [-0.2, -0.15) is 22.0 Å². The first kappa shape index (κ1) is 11.0. The van der Waals surface area contributed by atoms with Crippen molar-refractivity contribution in [2.45, 2.75) is 25.3 Å². The van der Waals surface area contributed by atoms with Gasteiger partial charge in [-0.25, -0.2) is 0 Å². The molecular weight excluding hydrogens is 187 g/mol. The van der Waals surface area contributed by atoms with E-state index in [2.05, 4.69) is 0 Å². The molecule has 0 aromatic heterocycles.